The molecule has 116 valence electrons. The van der Waals surface area contributed by atoms with Gasteiger partial charge in [-0.1, -0.05) is 6.92 Å². The van der Waals surface area contributed by atoms with E-state index in [1.54, 1.807) is 0 Å². The SMILES string of the molecule is CCCN(C)c1cnn(CC(NC(C)=O)C(=O)O)c(=O)c1. The summed E-state index contributed by atoms with van der Waals surface area (Å²) in [5.41, 5.74) is 0.261. The van der Waals surface area contributed by atoms with Crippen LogP contribution in [0.5, 0.6) is 0 Å². The van der Waals surface area contributed by atoms with Crippen molar-refractivity contribution >= 4 is 17.6 Å². The third kappa shape index (κ3) is 4.90. The molecule has 0 aromatic carbocycles. The minimum atomic E-state index is -1.22. The highest BCUT2D eigenvalue weighted by atomic mass is 16.4. The molecule has 2 N–H and O–H groups in total. The standard InChI is InChI=1S/C13H20N4O4/c1-4-5-16(3)10-6-12(19)17(14-7-10)8-11(13(20)21)15-9(2)18/h6-7,11H,4-5,8H2,1-3H3,(H,15,18)(H,20,21). The van der Waals surface area contributed by atoms with Gasteiger partial charge in [0.05, 0.1) is 18.4 Å². The van der Waals surface area contributed by atoms with Crippen molar-refractivity contribution in [3.63, 3.8) is 0 Å². The van der Waals surface area contributed by atoms with E-state index < -0.39 is 23.5 Å². The summed E-state index contributed by atoms with van der Waals surface area (Å²) in [4.78, 5) is 35.9. The Morgan fingerprint density at radius 1 is 1.52 bits per heavy atom. The number of hydrogen-bond acceptors (Lipinski definition) is 5. The third-order valence-electron chi connectivity index (χ3n) is 2.89. The number of aromatic nitrogens is 2. The monoisotopic (exact) mass is 296 g/mol. The van der Waals surface area contributed by atoms with E-state index in [4.69, 9.17) is 5.11 Å². The van der Waals surface area contributed by atoms with E-state index >= 15 is 0 Å². The van der Waals surface area contributed by atoms with Gasteiger partial charge in [0.25, 0.3) is 5.56 Å². The summed E-state index contributed by atoms with van der Waals surface area (Å²) in [6.45, 7) is 3.81. The number of carbonyl (C=O) groups excluding carboxylic acids is 1. The summed E-state index contributed by atoms with van der Waals surface area (Å²) in [5.74, 6) is -1.69. The zero-order valence-corrected chi connectivity index (χ0v) is 12.4. The highest BCUT2D eigenvalue weighted by Gasteiger charge is 2.20. The van der Waals surface area contributed by atoms with Crippen LogP contribution in [-0.2, 0) is 16.1 Å². The molecule has 0 fully saturated rings. The molecule has 8 nitrogen and oxygen atoms in total. The highest BCUT2D eigenvalue weighted by Crippen LogP contribution is 2.07. The molecule has 1 atom stereocenters. The van der Waals surface area contributed by atoms with Crippen LogP contribution in [0.15, 0.2) is 17.1 Å². The van der Waals surface area contributed by atoms with Crippen molar-refractivity contribution in [2.45, 2.75) is 32.9 Å². The van der Waals surface area contributed by atoms with Gasteiger partial charge in [0.2, 0.25) is 5.91 Å². The van der Waals surface area contributed by atoms with Gasteiger partial charge in [0.1, 0.15) is 6.04 Å². The Morgan fingerprint density at radius 2 is 2.19 bits per heavy atom. The Bertz CT molecular complexity index is 570. The van der Waals surface area contributed by atoms with Crippen LogP contribution in [0, 0.1) is 0 Å². The lowest BCUT2D eigenvalue weighted by atomic mass is 10.3. The van der Waals surface area contributed by atoms with Crippen LogP contribution in [0.1, 0.15) is 20.3 Å². The van der Waals surface area contributed by atoms with E-state index in [1.807, 2.05) is 18.9 Å². The number of anilines is 1. The van der Waals surface area contributed by atoms with Gasteiger partial charge in [-0.25, -0.2) is 9.48 Å². The lowest BCUT2D eigenvalue weighted by Gasteiger charge is -2.18. The average molecular weight is 296 g/mol. The van der Waals surface area contributed by atoms with E-state index in [-0.39, 0.29) is 6.54 Å². The summed E-state index contributed by atoms with van der Waals surface area (Å²) in [5, 5.41) is 15.2. The summed E-state index contributed by atoms with van der Waals surface area (Å²) >= 11 is 0. The van der Waals surface area contributed by atoms with Gasteiger partial charge in [-0.2, -0.15) is 5.10 Å². The number of nitrogens with one attached hydrogen (secondary N) is 1. The van der Waals surface area contributed by atoms with Crippen LogP contribution in [-0.4, -0.2) is 46.4 Å². The summed E-state index contributed by atoms with van der Waals surface area (Å²) in [6.07, 6.45) is 2.44. The molecule has 0 bridgehead atoms. The van der Waals surface area contributed by atoms with Gasteiger partial charge in [-0.05, 0) is 6.42 Å². The third-order valence-corrected chi connectivity index (χ3v) is 2.89. The largest absolute Gasteiger partial charge is 0.480 e. The first-order valence-corrected chi connectivity index (χ1v) is 6.63. The van der Waals surface area contributed by atoms with Crippen molar-refractivity contribution in [1.82, 2.24) is 15.1 Å². The van der Waals surface area contributed by atoms with Crippen LogP contribution in [0.3, 0.4) is 0 Å². The minimum Gasteiger partial charge on any atom is -0.480 e. The van der Waals surface area contributed by atoms with E-state index in [2.05, 4.69) is 10.4 Å². The lowest BCUT2D eigenvalue weighted by Crippen LogP contribution is -2.45. The molecule has 0 radical (unpaired) electrons. The molecule has 1 amide bonds. The van der Waals surface area contributed by atoms with Crippen molar-refractivity contribution in [3.8, 4) is 0 Å². The van der Waals surface area contributed by atoms with Gasteiger partial charge in [0, 0.05) is 26.6 Å². The molecule has 1 heterocycles. The molecule has 1 aromatic rings. The van der Waals surface area contributed by atoms with Crippen LogP contribution < -0.4 is 15.8 Å². The summed E-state index contributed by atoms with van der Waals surface area (Å²) in [7, 11) is 1.85. The molecule has 21 heavy (non-hydrogen) atoms. The van der Waals surface area contributed by atoms with Gasteiger partial charge < -0.3 is 15.3 Å². The Morgan fingerprint density at radius 3 is 2.67 bits per heavy atom. The highest BCUT2D eigenvalue weighted by molar-refractivity contribution is 5.81. The smallest absolute Gasteiger partial charge is 0.328 e. The zero-order valence-electron chi connectivity index (χ0n) is 12.4. The molecule has 0 aliphatic rings. The molecule has 8 heteroatoms. The van der Waals surface area contributed by atoms with Gasteiger partial charge in [0.15, 0.2) is 0 Å². The predicted molar refractivity (Wildman–Crippen MR) is 77.3 cm³/mol. The number of carboxylic acid groups (broad SMARTS) is 1. The molecule has 0 aliphatic heterocycles. The lowest BCUT2D eigenvalue weighted by molar-refractivity contribution is -0.142. The Hall–Kier alpha value is -2.38. The van der Waals surface area contributed by atoms with Crippen molar-refractivity contribution in [3.05, 3.63) is 22.6 Å². The quantitative estimate of drug-likeness (QED) is 0.714. The topological polar surface area (TPSA) is 105 Å². The second kappa shape index (κ2) is 7.41. The Labute approximate surface area is 122 Å². The molecule has 1 rings (SSSR count). The number of amides is 1. The second-order valence-corrected chi connectivity index (χ2v) is 4.75. The molecule has 0 spiro atoms. The first-order valence-electron chi connectivity index (χ1n) is 6.63. The Kier molecular flexibility index (Phi) is 5.89. The van der Waals surface area contributed by atoms with E-state index in [1.165, 1.54) is 19.2 Å². The van der Waals surface area contributed by atoms with Crippen LogP contribution >= 0.6 is 0 Å². The zero-order chi connectivity index (χ0) is 16.0. The van der Waals surface area contributed by atoms with Crippen molar-refractivity contribution in [2.75, 3.05) is 18.5 Å². The molecule has 0 aliphatic carbocycles. The molecule has 0 saturated heterocycles. The summed E-state index contributed by atoms with van der Waals surface area (Å²) < 4.78 is 1.03. The molecule has 0 saturated carbocycles. The molecule has 1 aromatic heterocycles. The van der Waals surface area contributed by atoms with Crippen LogP contribution in [0.25, 0.3) is 0 Å². The maximum Gasteiger partial charge on any atom is 0.328 e. The first-order chi connectivity index (χ1) is 9.85. The van der Waals surface area contributed by atoms with E-state index in [0.29, 0.717) is 5.69 Å². The first kappa shape index (κ1) is 16.7. The number of carbonyl (C=O) groups is 2. The van der Waals surface area contributed by atoms with Gasteiger partial charge >= 0.3 is 5.97 Å². The number of carboxylic acids is 1. The fraction of sp³-hybridized carbons (Fsp3) is 0.538. The van der Waals surface area contributed by atoms with Crippen molar-refractivity contribution in [1.29, 1.82) is 0 Å². The maximum absolute atomic E-state index is 12.0. The van der Waals surface area contributed by atoms with E-state index in [9.17, 15) is 14.4 Å². The fourth-order valence-corrected chi connectivity index (χ4v) is 1.84. The predicted octanol–water partition coefficient (Wildman–Crippen LogP) is -0.321. The molecular formula is C13H20N4O4. The number of hydrogen-bond donors (Lipinski definition) is 2. The second-order valence-electron chi connectivity index (χ2n) is 4.75. The van der Waals surface area contributed by atoms with Crippen molar-refractivity contribution in [2.24, 2.45) is 0 Å². The summed E-state index contributed by atoms with van der Waals surface area (Å²) in [6, 6.07) is 0.210. The number of aliphatic carboxylic acids is 1. The van der Waals surface area contributed by atoms with Crippen LogP contribution in [0.2, 0.25) is 0 Å². The van der Waals surface area contributed by atoms with Crippen LogP contribution in [0.4, 0.5) is 5.69 Å². The number of rotatable bonds is 7. The maximum atomic E-state index is 12.0. The molecule has 1 unspecified atom stereocenters. The minimum absolute atomic E-state index is 0.217. The van der Waals surface area contributed by atoms with Gasteiger partial charge in [-0.15, -0.1) is 0 Å². The average Bonchev–Trinajstić information content (AvgIpc) is 2.39. The van der Waals surface area contributed by atoms with E-state index in [0.717, 1.165) is 17.6 Å². The fourth-order valence-electron chi connectivity index (χ4n) is 1.84. The van der Waals surface area contributed by atoms with Crippen molar-refractivity contribution < 1.29 is 14.7 Å². The van der Waals surface area contributed by atoms with Gasteiger partial charge in [-0.3, -0.25) is 9.59 Å². The molecular weight excluding hydrogens is 276 g/mol. The number of nitrogens with zero attached hydrogens (tertiary/aromatic N) is 3. The normalized spacial score (nSPS) is 11.8. The Balaban J connectivity index is 2.91.